The minimum Gasteiger partial charge on any atom is -0.367 e. The quantitative estimate of drug-likeness (QED) is 0.749. The number of hydrogen-bond acceptors (Lipinski definition) is 5. The van der Waals surface area contributed by atoms with Gasteiger partial charge in [0.25, 0.3) is 5.91 Å². The first-order chi connectivity index (χ1) is 11.4. The van der Waals surface area contributed by atoms with Gasteiger partial charge in [-0.05, 0) is 31.9 Å². The molecule has 134 valence electrons. The van der Waals surface area contributed by atoms with E-state index in [0.29, 0.717) is 18.7 Å². The van der Waals surface area contributed by atoms with Gasteiger partial charge in [-0.2, -0.15) is 0 Å². The molecule has 0 aliphatic carbocycles. The van der Waals surface area contributed by atoms with Crippen molar-refractivity contribution < 1.29 is 13.2 Å². The van der Waals surface area contributed by atoms with Gasteiger partial charge in [0.2, 0.25) is 0 Å². The van der Waals surface area contributed by atoms with Gasteiger partial charge in [-0.3, -0.25) is 4.79 Å². The van der Waals surface area contributed by atoms with Crippen molar-refractivity contribution in [3.05, 3.63) is 24.0 Å². The van der Waals surface area contributed by atoms with Crippen LogP contribution in [0.3, 0.4) is 0 Å². The second kappa shape index (κ2) is 7.96. The molecule has 24 heavy (non-hydrogen) atoms. The van der Waals surface area contributed by atoms with E-state index in [2.05, 4.69) is 16.8 Å². The second-order valence-corrected chi connectivity index (χ2v) is 8.55. The van der Waals surface area contributed by atoms with Crippen molar-refractivity contribution in [3.63, 3.8) is 0 Å². The highest BCUT2D eigenvalue weighted by atomic mass is 32.2. The molecule has 0 spiro atoms. The van der Waals surface area contributed by atoms with Crippen LogP contribution in [0.1, 0.15) is 43.6 Å². The molecule has 0 bridgehead atoms. The lowest BCUT2D eigenvalue weighted by molar-refractivity contribution is 0.0787. The van der Waals surface area contributed by atoms with E-state index in [9.17, 15) is 13.2 Å². The van der Waals surface area contributed by atoms with Gasteiger partial charge in [-0.25, -0.2) is 13.4 Å². The number of anilines is 1. The van der Waals surface area contributed by atoms with Gasteiger partial charge in [0.15, 0.2) is 9.84 Å². The molecule has 6 nitrogen and oxygen atoms in total. The predicted molar refractivity (Wildman–Crippen MR) is 96.2 cm³/mol. The summed E-state index contributed by atoms with van der Waals surface area (Å²) in [7, 11) is -1.14. The molecule has 1 amide bonds. The molecule has 0 aromatic carbocycles. The van der Waals surface area contributed by atoms with Crippen molar-refractivity contribution in [1.82, 2.24) is 9.88 Å². The summed E-state index contributed by atoms with van der Waals surface area (Å²) in [5.41, 5.74) is 1.29. The minimum atomic E-state index is -2.92. The van der Waals surface area contributed by atoms with E-state index in [0.717, 1.165) is 25.1 Å². The summed E-state index contributed by atoms with van der Waals surface area (Å²) in [4.78, 5) is 20.4. The van der Waals surface area contributed by atoms with Crippen LogP contribution < -0.4 is 4.90 Å². The lowest BCUT2D eigenvalue weighted by Crippen LogP contribution is -2.36. The fourth-order valence-electron chi connectivity index (χ4n) is 3.05. The maximum absolute atomic E-state index is 12.3. The normalized spacial score (nSPS) is 19.2. The van der Waals surface area contributed by atoms with E-state index in [1.165, 1.54) is 0 Å². The molecule has 2 heterocycles. The monoisotopic (exact) mass is 353 g/mol. The maximum Gasteiger partial charge on any atom is 0.272 e. The van der Waals surface area contributed by atoms with Crippen LogP contribution >= 0.6 is 0 Å². The number of unbranched alkanes of at least 4 members (excludes halogenated alkanes) is 1. The minimum absolute atomic E-state index is 0.00409. The Kier molecular flexibility index (Phi) is 6.21. The topological polar surface area (TPSA) is 70.6 Å². The van der Waals surface area contributed by atoms with E-state index >= 15 is 0 Å². The lowest BCUT2D eigenvalue weighted by Gasteiger charge is -2.29. The molecule has 1 aromatic heterocycles. The van der Waals surface area contributed by atoms with Crippen LogP contribution in [-0.4, -0.2) is 61.9 Å². The first-order valence-corrected chi connectivity index (χ1v) is 10.4. The maximum atomic E-state index is 12.3. The molecule has 7 heteroatoms. The van der Waals surface area contributed by atoms with Crippen molar-refractivity contribution in [1.29, 1.82) is 0 Å². The van der Waals surface area contributed by atoms with E-state index in [4.69, 9.17) is 0 Å². The summed E-state index contributed by atoms with van der Waals surface area (Å²) < 4.78 is 23.4. The smallest absolute Gasteiger partial charge is 0.272 e. The van der Waals surface area contributed by atoms with Crippen LogP contribution in [0.5, 0.6) is 0 Å². The van der Waals surface area contributed by atoms with Crippen LogP contribution in [0.2, 0.25) is 0 Å². The summed E-state index contributed by atoms with van der Waals surface area (Å²) in [5, 5.41) is 0. The third kappa shape index (κ3) is 4.47. The Morgan fingerprint density at radius 2 is 2.08 bits per heavy atom. The first kappa shape index (κ1) is 18.7. The Hall–Kier alpha value is -1.63. The number of carbonyl (C=O) groups excluding carboxylic acids is 1. The molecule has 1 unspecified atom stereocenters. The summed E-state index contributed by atoms with van der Waals surface area (Å²) in [6, 6.07) is 3.59. The standard InChI is InChI=1S/C17H27N3O3S/c1-4-6-10-19(3)17(21)16-8-7-14(12-18-16)20(5-2)15-9-11-24(22,23)13-15/h7-8,12,15H,4-6,9-11,13H2,1-3H3. The predicted octanol–water partition coefficient (Wildman–Crippen LogP) is 1.97. The van der Waals surface area contributed by atoms with E-state index in [1.54, 1.807) is 24.2 Å². The molecule has 0 radical (unpaired) electrons. The molecular weight excluding hydrogens is 326 g/mol. The molecular formula is C17H27N3O3S. The third-order valence-corrected chi connectivity index (χ3v) is 6.23. The van der Waals surface area contributed by atoms with Crippen molar-refractivity contribution in [2.45, 2.75) is 39.2 Å². The molecule has 1 fully saturated rings. The third-order valence-electron chi connectivity index (χ3n) is 4.48. The van der Waals surface area contributed by atoms with Gasteiger partial charge in [0, 0.05) is 26.2 Å². The molecule has 2 rings (SSSR count). The number of nitrogens with zero attached hydrogens (tertiary/aromatic N) is 3. The van der Waals surface area contributed by atoms with Crippen LogP contribution in [0.4, 0.5) is 5.69 Å². The molecule has 1 saturated heterocycles. The fraction of sp³-hybridized carbons (Fsp3) is 0.647. The van der Waals surface area contributed by atoms with Gasteiger partial charge < -0.3 is 9.80 Å². The van der Waals surface area contributed by atoms with Crippen molar-refractivity contribution >= 4 is 21.4 Å². The van der Waals surface area contributed by atoms with Crippen LogP contribution in [0.15, 0.2) is 18.3 Å². The summed E-state index contributed by atoms with van der Waals surface area (Å²) in [6.45, 7) is 5.53. The Bertz CT molecular complexity index is 658. The fourth-order valence-corrected chi connectivity index (χ4v) is 4.78. The highest BCUT2D eigenvalue weighted by Gasteiger charge is 2.32. The molecule has 1 atom stereocenters. The zero-order valence-corrected chi connectivity index (χ0v) is 15.6. The Labute approximate surface area is 144 Å². The highest BCUT2D eigenvalue weighted by Crippen LogP contribution is 2.24. The Morgan fingerprint density at radius 3 is 2.58 bits per heavy atom. The zero-order chi connectivity index (χ0) is 17.7. The van der Waals surface area contributed by atoms with Crippen molar-refractivity contribution in [2.75, 3.05) is 36.5 Å². The Balaban J connectivity index is 2.08. The summed E-state index contributed by atoms with van der Waals surface area (Å²) in [5.74, 6) is 0.364. The van der Waals surface area contributed by atoms with Gasteiger partial charge in [0.1, 0.15) is 5.69 Å². The van der Waals surface area contributed by atoms with Gasteiger partial charge in [-0.15, -0.1) is 0 Å². The average Bonchev–Trinajstić information content (AvgIpc) is 2.93. The zero-order valence-electron chi connectivity index (χ0n) is 14.7. The SMILES string of the molecule is CCCCN(C)C(=O)c1ccc(N(CC)C2CCS(=O)(=O)C2)cn1. The van der Waals surface area contributed by atoms with E-state index < -0.39 is 9.84 Å². The molecule has 1 aromatic rings. The van der Waals surface area contributed by atoms with Crippen LogP contribution in [-0.2, 0) is 9.84 Å². The van der Waals surface area contributed by atoms with Gasteiger partial charge >= 0.3 is 0 Å². The number of amides is 1. The second-order valence-electron chi connectivity index (χ2n) is 6.32. The lowest BCUT2D eigenvalue weighted by atomic mass is 10.2. The first-order valence-electron chi connectivity index (χ1n) is 8.56. The number of pyridine rings is 1. The van der Waals surface area contributed by atoms with Gasteiger partial charge in [-0.1, -0.05) is 13.3 Å². The molecule has 0 saturated carbocycles. The van der Waals surface area contributed by atoms with E-state index in [1.807, 2.05) is 13.0 Å². The number of rotatable bonds is 7. The van der Waals surface area contributed by atoms with Crippen LogP contribution in [0.25, 0.3) is 0 Å². The van der Waals surface area contributed by atoms with Crippen molar-refractivity contribution in [3.8, 4) is 0 Å². The number of hydrogen-bond donors (Lipinski definition) is 0. The number of sulfone groups is 1. The van der Waals surface area contributed by atoms with Crippen molar-refractivity contribution in [2.24, 2.45) is 0 Å². The number of carbonyl (C=O) groups is 1. The molecule has 1 aliphatic heterocycles. The summed E-state index contributed by atoms with van der Waals surface area (Å²) >= 11 is 0. The molecule has 1 aliphatic rings. The largest absolute Gasteiger partial charge is 0.367 e. The van der Waals surface area contributed by atoms with E-state index in [-0.39, 0.29) is 23.5 Å². The summed E-state index contributed by atoms with van der Waals surface area (Å²) in [6.07, 6.45) is 4.34. The van der Waals surface area contributed by atoms with Crippen LogP contribution in [0, 0.1) is 0 Å². The Morgan fingerprint density at radius 1 is 1.33 bits per heavy atom. The van der Waals surface area contributed by atoms with Gasteiger partial charge in [0.05, 0.1) is 23.4 Å². The number of aromatic nitrogens is 1. The highest BCUT2D eigenvalue weighted by molar-refractivity contribution is 7.91. The molecule has 0 N–H and O–H groups in total. The average molecular weight is 353 g/mol.